The van der Waals surface area contributed by atoms with Crippen molar-refractivity contribution in [2.45, 2.75) is 61.4 Å². The molecule has 5 nitrogen and oxygen atoms in total. The highest BCUT2D eigenvalue weighted by Gasteiger charge is 2.37. The summed E-state index contributed by atoms with van der Waals surface area (Å²) >= 11 is 1.54. The first kappa shape index (κ1) is 16.6. The monoisotopic (exact) mass is 356 g/mol. The summed E-state index contributed by atoms with van der Waals surface area (Å²) in [6.45, 7) is 2.61. The Morgan fingerprint density at radius 1 is 1.24 bits per heavy atom. The van der Waals surface area contributed by atoms with Crippen molar-refractivity contribution in [1.29, 1.82) is 0 Å². The second kappa shape index (κ2) is 7.20. The van der Waals surface area contributed by atoms with Crippen molar-refractivity contribution in [2.24, 2.45) is 0 Å². The van der Waals surface area contributed by atoms with Gasteiger partial charge in [0.25, 0.3) is 0 Å². The molecule has 25 heavy (non-hydrogen) atoms. The highest BCUT2D eigenvalue weighted by atomic mass is 32.2. The van der Waals surface area contributed by atoms with Crippen LogP contribution in [0.2, 0.25) is 0 Å². The van der Waals surface area contributed by atoms with Crippen molar-refractivity contribution in [3.8, 4) is 0 Å². The highest BCUT2D eigenvalue weighted by molar-refractivity contribution is 8.00. The number of thioether (sulfide) groups is 1. The fourth-order valence-electron chi connectivity index (χ4n) is 2.99. The number of rotatable bonds is 8. The van der Waals surface area contributed by atoms with E-state index in [1.54, 1.807) is 0 Å². The summed E-state index contributed by atoms with van der Waals surface area (Å²) in [4.78, 5) is 12.4. The van der Waals surface area contributed by atoms with Gasteiger partial charge < -0.3 is 9.88 Å². The summed E-state index contributed by atoms with van der Waals surface area (Å²) in [6.07, 6.45) is 5.73. The molecule has 2 aliphatic carbocycles. The second-order valence-corrected chi connectivity index (χ2v) is 8.31. The van der Waals surface area contributed by atoms with Gasteiger partial charge in [0.05, 0.1) is 5.25 Å². The zero-order valence-corrected chi connectivity index (χ0v) is 15.3. The van der Waals surface area contributed by atoms with E-state index in [-0.39, 0.29) is 11.2 Å². The number of nitrogens with one attached hydrogen (secondary N) is 1. The van der Waals surface area contributed by atoms with Gasteiger partial charge in [0, 0.05) is 18.5 Å². The van der Waals surface area contributed by atoms with E-state index in [9.17, 15) is 4.79 Å². The van der Waals surface area contributed by atoms with Crippen LogP contribution >= 0.6 is 11.8 Å². The third-order valence-electron chi connectivity index (χ3n) is 4.75. The van der Waals surface area contributed by atoms with E-state index in [2.05, 4.69) is 32.2 Å². The minimum Gasteiger partial charge on any atom is -0.355 e. The number of nitrogens with zero attached hydrogens (tertiary/aromatic N) is 3. The van der Waals surface area contributed by atoms with E-state index in [1.165, 1.54) is 43.0 Å². The normalized spacial score (nSPS) is 18.1. The van der Waals surface area contributed by atoms with Crippen molar-refractivity contribution in [3.05, 3.63) is 41.7 Å². The van der Waals surface area contributed by atoms with Crippen molar-refractivity contribution >= 4 is 17.7 Å². The first-order chi connectivity index (χ1) is 12.2. The Hall–Kier alpha value is -1.82. The summed E-state index contributed by atoms with van der Waals surface area (Å²) in [5.41, 5.74) is 1.24. The molecule has 1 aromatic carbocycles. The van der Waals surface area contributed by atoms with Crippen LogP contribution in [0.5, 0.6) is 0 Å². The Kier molecular flexibility index (Phi) is 4.79. The van der Waals surface area contributed by atoms with Gasteiger partial charge in [-0.25, -0.2) is 0 Å². The zero-order valence-electron chi connectivity index (χ0n) is 14.5. The van der Waals surface area contributed by atoms with E-state index in [0.717, 1.165) is 17.4 Å². The van der Waals surface area contributed by atoms with Gasteiger partial charge in [-0.3, -0.25) is 4.79 Å². The average molecular weight is 356 g/mol. The van der Waals surface area contributed by atoms with Gasteiger partial charge in [-0.1, -0.05) is 42.1 Å². The summed E-state index contributed by atoms with van der Waals surface area (Å²) in [7, 11) is 0. The van der Waals surface area contributed by atoms with Gasteiger partial charge in [-0.05, 0) is 44.6 Å². The molecule has 1 atom stereocenters. The molecule has 1 N–H and O–H groups in total. The summed E-state index contributed by atoms with van der Waals surface area (Å²) in [5, 5.41) is 12.6. The molecular weight excluding hydrogens is 332 g/mol. The maximum atomic E-state index is 12.4. The molecule has 2 aromatic rings. The minimum atomic E-state index is -0.162. The number of amides is 1. The van der Waals surface area contributed by atoms with Crippen LogP contribution < -0.4 is 5.32 Å². The van der Waals surface area contributed by atoms with E-state index in [1.807, 2.05) is 25.1 Å². The number of hydrogen-bond acceptors (Lipinski definition) is 4. The predicted octanol–water partition coefficient (Wildman–Crippen LogP) is 3.33. The molecule has 4 rings (SSSR count). The molecule has 0 radical (unpaired) electrons. The van der Waals surface area contributed by atoms with Crippen molar-refractivity contribution < 1.29 is 4.79 Å². The lowest BCUT2D eigenvalue weighted by Crippen LogP contribution is -2.32. The van der Waals surface area contributed by atoms with E-state index in [4.69, 9.17) is 0 Å². The van der Waals surface area contributed by atoms with Crippen molar-refractivity contribution in [2.75, 3.05) is 6.54 Å². The lowest BCUT2D eigenvalue weighted by molar-refractivity contribution is -0.120. The number of carbonyl (C=O) groups excluding carboxylic acids is 1. The van der Waals surface area contributed by atoms with Gasteiger partial charge in [0.1, 0.15) is 5.82 Å². The molecule has 1 amide bonds. The van der Waals surface area contributed by atoms with Crippen LogP contribution in [-0.2, 0) is 11.2 Å². The summed E-state index contributed by atoms with van der Waals surface area (Å²) in [5.74, 6) is 1.80. The molecule has 1 aromatic heterocycles. The molecule has 2 saturated carbocycles. The lowest BCUT2D eigenvalue weighted by Gasteiger charge is -2.13. The zero-order chi connectivity index (χ0) is 17.2. The van der Waals surface area contributed by atoms with Gasteiger partial charge >= 0.3 is 0 Å². The first-order valence-corrected chi connectivity index (χ1v) is 10.0. The van der Waals surface area contributed by atoms with Gasteiger partial charge in [0.2, 0.25) is 5.91 Å². The van der Waals surface area contributed by atoms with Crippen molar-refractivity contribution in [3.63, 3.8) is 0 Å². The molecule has 1 heterocycles. The highest BCUT2D eigenvalue weighted by Crippen LogP contribution is 2.46. The van der Waals surface area contributed by atoms with Crippen LogP contribution in [0.4, 0.5) is 0 Å². The minimum absolute atomic E-state index is 0.0688. The van der Waals surface area contributed by atoms with Gasteiger partial charge in [-0.2, -0.15) is 0 Å². The van der Waals surface area contributed by atoms with E-state index < -0.39 is 0 Å². The van der Waals surface area contributed by atoms with Crippen LogP contribution in [-0.4, -0.2) is 32.5 Å². The standard InChI is InChI=1S/C19H24N4OS/c1-13(18(24)20-12-11-14-5-3-2-4-6-14)25-19-22-21-17(15-7-8-15)23(19)16-9-10-16/h2-6,13,15-16H,7-12H2,1H3,(H,20,24)/t13-/m0/s1. The molecule has 2 aliphatic rings. The van der Waals surface area contributed by atoms with Gasteiger partial charge in [0.15, 0.2) is 5.16 Å². The predicted molar refractivity (Wildman–Crippen MR) is 98.7 cm³/mol. The van der Waals surface area contributed by atoms with Crippen molar-refractivity contribution in [1.82, 2.24) is 20.1 Å². The molecule has 2 fully saturated rings. The largest absolute Gasteiger partial charge is 0.355 e. The summed E-state index contributed by atoms with van der Waals surface area (Å²) in [6, 6.07) is 10.8. The molecule has 132 valence electrons. The first-order valence-electron chi connectivity index (χ1n) is 9.15. The second-order valence-electron chi connectivity index (χ2n) is 7.00. The summed E-state index contributed by atoms with van der Waals surface area (Å²) < 4.78 is 2.30. The Morgan fingerprint density at radius 3 is 2.68 bits per heavy atom. The Labute approximate surface area is 152 Å². The fraction of sp³-hybridized carbons (Fsp3) is 0.526. The third kappa shape index (κ3) is 4.06. The SMILES string of the molecule is C[C@H](Sc1nnc(C2CC2)n1C1CC1)C(=O)NCCc1ccccc1. The Morgan fingerprint density at radius 2 is 2.00 bits per heavy atom. The molecule has 0 unspecified atom stereocenters. The van der Waals surface area contributed by atoms with Crippen LogP contribution in [0.15, 0.2) is 35.5 Å². The molecule has 0 spiro atoms. The Bertz CT molecular complexity index is 737. The molecular formula is C19H24N4OS. The fourth-order valence-corrected chi connectivity index (χ4v) is 3.95. The molecule has 0 bridgehead atoms. The maximum absolute atomic E-state index is 12.4. The topological polar surface area (TPSA) is 59.8 Å². The smallest absolute Gasteiger partial charge is 0.233 e. The molecule has 0 saturated heterocycles. The number of carbonyl (C=O) groups is 1. The molecule has 0 aliphatic heterocycles. The van der Waals surface area contributed by atoms with Crippen LogP contribution in [0.25, 0.3) is 0 Å². The van der Waals surface area contributed by atoms with Crippen LogP contribution in [0.1, 0.15) is 56.0 Å². The quantitative estimate of drug-likeness (QED) is 0.737. The molecule has 6 heteroatoms. The maximum Gasteiger partial charge on any atom is 0.233 e. The van der Waals surface area contributed by atoms with Crippen LogP contribution in [0, 0.1) is 0 Å². The number of aromatic nitrogens is 3. The van der Waals surface area contributed by atoms with Crippen LogP contribution in [0.3, 0.4) is 0 Å². The van der Waals surface area contributed by atoms with Gasteiger partial charge in [-0.15, -0.1) is 10.2 Å². The van der Waals surface area contributed by atoms with E-state index >= 15 is 0 Å². The lowest BCUT2D eigenvalue weighted by atomic mass is 10.1. The van der Waals surface area contributed by atoms with E-state index in [0.29, 0.717) is 18.5 Å². The number of hydrogen-bond donors (Lipinski definition) is 1. The Balaban J connectivity index is 1.32. The number of benzene rings is 1. The third-order valence-corrected chi connectivity index (χ3v) is 5.81. The average Bonchev–Trinajstić information content (AvgIpc) is 3.55.